The molecule has 2 aliphatic heterocycles. The first-order valence-electron chi connectivity index (χ1n) is 13.1. The smallest absolute Gasteiger partial charge is 0.251 e. The summed E-state index contributed by atoms with van der Waals surface area (Å²) in [5.41, 5.74) is 2.41. The quantitative estimate of drug-likeness (QED) is 0.361. The number of thiol groups is 1. The van der Waals surface area contributed by atoms with Crippen LogP contribution in [0.4, 0.5) is 20.2 Å². The number of amides is 4. The fraction of sp³-hybridized carbons (Fsp3) is 0.448. The van der Waals surface area contributed by atoms with Crippen molar-refractivity contribution < 1.29 is 28.0 Å². The molecule has 0 aromatic heterocycles. The highest BCUT2D eigenvalue weighted by Gasteiger charge is 2.32. The number of likely N-dealkylation sites (N-methyl/N-ethyl adjacent to an activating group) is 2. The first-order valence-corrected chi connectivity index (χ1v) is 14.0. The van der Waals surface area contributed by atoms with Crippen molar-refractivity contribution in [1.82, 2.24) is 10.2 Å². The number of hydrogen-bond donors (Lipinski definition) is 3. The highest BCUT2D eigenvalue weighted by atomic mass is 32.1. The average Bonchev–Trinajstić information content (AvgIpc) is 2.95. The van der Waals surface area contributed by atoms with E-state index < -0.39 is 6.04 Å². The molecule has 4 rings (SSSR count). The SMILES string of the molecule is CC.CS.Cc1cc(N(C)C2CCC(=O)NC2=O)ccc1F.Cc1ccc(NC2CCC(=O)N(C)C2=O)cc1F. The van der Waals surface area contributed by atoms with Crippen LogP contribution in [0, 0.1) is 25.5 Å². The maximum atomic E-state index is 13.4. The van der Waals surface area contributed by atoms with Gasteiger partial charge in [-0.05, 0) is 74.4 Å². The molecular weight excluding hydrogens is 538 g/mol. The number of nitrogens with zero attached hydrogens (tertiary/aromatic N) is 2. The fourth-order valence-electron chi connectivity index (χ4n) is 4.01. The molecule has 2 N–H and O–H groups in total. The van der Waals surface area contributed by atoms with E-state index in [1.807, 2.05) is 13.8 Å². The molecular formula is C29H40F2N4O4S. The number of hydrogen-bond acceptors (Lipinski definition) is 7. The number of likely N-dealkylation sites (tertiary alicyclic amines) is 1. The van der Waals surface area contributed by atoms with Crippen molar-refractivity contribution in [3.8, 4) is 0 Å². The second-order valence-corrected chi connectivity index (χ2v) is 9.00. The Balaban J connectivity index is 0.000000356. The zero-order valence-corrected chi connectivity index (χ0v) is 25.1. The minimum absolute atomic E-state index is 0.173. The highest BCUT2D eigenvalue weighted by molar-refractivity contribution is 7.79. The zero-order valence-electron chi connectivity index (χ0n) is 24.2. The van der Waals surface area contributed by atoms with Gasteiger partial charge in [-0.3, -0.25) is 29.4 Å². The van der Waals surface area contributed by atoms with Crippen LogP contribution in [0.15, 0.2) is 36.4 Å². The maximum absolute atomic E-state index is 13.4. The van der Waals surface area contributed by atoms with Crippen LogP contribution in [0.3, 0.4) is 0 Å². The van der Waals surface area contributed by atoms with Crippen molar-refractivity contribution >= 4 is 47.6 Å². The Morgan fingerprint density at radius 3 is 2.15 bits per heavy atom. The third-order valence-electron chi connectivity index (χ3n) is 6.39. The number of rotatable bonds is 4. The number of halogens is 2. The maximum Gasteiger partial charge on any atom is 0.251 e. The number of benzene rings is 2. The van der Waals surface area contributed by atoms with Crippen LogP contribution < -0.4 is 15.5 Å². The zero-order chi connectivity index (χ0) is 30.6. The molecule has 2 unspecified atom stereocenters. The van der Waals surface area contributed by atoms with Crippen molar-refractivity contribution in [3.63, 3.8) is 0 Å². The molecule has 0 saturated carbocycles. The Kier molecular flexibility index (Phi) is 14.3. The van der Waals surface area contributed by atoms with Gasteiger partial charge in [0.15, 0.2) is 0 Å². The van der Waals surface area contributed by atoms with Gasteiger partial charge in [0.1, 0.15) is 23.7 Å². The summed E-state index contributed by atoms with van der Waals surface area (Å²) in [4.78, 5) is 48.8. The van der Waals surface area contributed by atoms with Gasteiger partial charge >= 0.3 is 0 Å². The molecule has 2 heterocycles. The third-order valence-corrected chi connectivity index (χ3v) is 6.39. The Bertz CT molecular complexity index is 1190. The van der Waals surface area contributed by atoms with Crippen LogP contribution >= 0.6 is 12.6 Å². The summed E-state index contributed by atoms with van der Waals surface area (Å²) in [6, 6.07) is 8.60. The number of imide groups is 2. The van der Waals surface area contributed by atoms with E-state index in [1.165, 1.54) is 19.2 Å². The van der Waals surface area contributed by atoms with E-state index in [1.54, 1.807) is 56.3 Å². The molecule has 4 amide bonds. The first-order chi connectivity index (χ1) is 19.0. The molecule has 2 aromatic carbocycles. The van der Waals surface area contributed by atoms with Crippen LogP contribution in [0.5, 0.6) is 0 Å². The lowest BCUT2D eigenvalue weighted by molar-refractivity contribution is -0.147. The van der Waals surface area contributed by atoms with Crippen LogP contribution in [0.2, 0.25) is 0 Å². The second kappa shape index (κ2) is 16.6. The van der Waals surface area contributed by atoms with Crippen molar-refractivity contribution in [2.75, 3.05) is 30.6 Å². The largest absolute Gasteiger partial charge is 0.374 e. The van der Waals surface area contributed by atoms with Gasteiger partial charge in [0.25, 0.3) is 5.91 Å². The lowest BCUT2D eigenvalue weighted by atomic mass is 10.0. The van der Waals surface area contributed by atoms with Crippen molar-refractivity contribution in [2.45, 2.75) is 65.5 Å². The molecule has 0 bridgehead atoms. The summed E-state index contributed by atoms with van der Waals surface area (Å²) >= 11 is 3.53. The van der Waals surface area contributed by atoms with Gasteiger partial charge in [-0.2, -0.15) is 12.6 Å². The van der Waals surface area contributed by atoms with Gasteiger partial charge in [0.05, 0.1) is 0 Å². The Hall–Kier alpha value is -3.47. The van der Waals surface area contributed by atoms with Crippen LogP contribution in [0.25, 0.3) is 0 Å². The second-order valence-electron chi connectivity index (χ2n) is 9.00. The molecule has 11 heteroatoms. The number of anilines is 2. The van der Waals surface area contributed by atoms with Crippen molar-refractivity contribution in [2.24, 2.45) is 0 Å². The molecule has 2 atom stereocenters. The molecule has 2 aromatic rings. The predicted octanol–water partition coefficient (Wildman–Crippen LogP) is 4.64. The molecule has 220 valence electrons. The van der Waals surface area contributed by atoms with E-state index in [0.29, 0.717) is 42.5 Å². The number of carbonyl (C=O) groups excluding carboxylic acids is 4. The number of carbonyl (C=O) groups is 4. The van der Waals surface area contributed by atoms with Crippen LogP contribution in [-0.4, -0.2) is 61.0 Å². The van der Waals surface area contributed by atoms with E-state index in [4.69, 9.17) is 0 Å². The minimum Gasteiger partial charge on any atom is -0.374 e. The average molecular weight is 579 g/mol. The Morgan fingerprint density at radius 2 is 1.57 bits per heavy atom. The van der Waals surface area contributed by atoms with E-state index in [0.717, 1.165) is 10.6 Å². The summed E-state index contributed by atoms with van der Waals surface area (Å²) in [5.74, 6) is -1.56. The molecule has 8 nitrogen and oxygen atoms in total. The molecule has 2 aliphatic rings. The van der Waals surface area contributed by atoms with Gasteiger partial charge in [0.2, 0.25) is 17.7 Å². The predicted molar refractivity (Wildman–Crippen MR) is 158 cm³/mol. The standard InChI is InChI=1S/2C13H15FN2O2.C2H6.CH4S/c1-8-7-9(3-4-10(8)14)16(2)11-5-6-12(17)15-13(11)18;1-8-3-4-9(7-10(8)14)15-11-5-6-12(17)16(2)13(11)18;2*1-2/h3-4,7,11H,5-6H2,1-2H3,(H,15,17,18);3-4,7,11,15H,5-6H2,1-2H3;1-2H3;2H,1H3. The number of piperidine rings is 2. The number of aryl methyl sites for hydroxylation is 2. The Morgan fingerprint density at radius 1 is 0.925 bits per heavy atom. The van der Waals surface area contributed by atoms with E-state index >= 15 is 0 Å². The lowest BCUT2D eigenvalue weighted by Gasteiger charge is -2.31. The molecule has 2 fully saturated rings. The van der Waals surface area contributed by atoms with Crippen molar-refractivity contribution in [1.29, 1.82) is 0 Å². The summed E-state index contributed by atoms with van der Waals surface area (Å²) < 4.78 is 26.6. The Labute approximate surface area is 240 Å². The summed E-state index contributed by atoms with van der Waals surface area (Å²) in [5, 5.41) is 5.28. The van der Waals surface area contributed by atoms with Gasteiger partial charge in [-0.1, -0.05) is 19.9 Å². The van der Waals surface area contributed by atoms with Gasteiger partial charge in [-0.25, -0.2) is 8.78 Å². The minimum atomic E-state index is -0.463. The monoisotopic (exact) mass is 578 g/mol. The summed E-state index contributed by atoms with van der Waals surface area (Å²) in [6.45, 7) is 7.36. The molecule has 0 aliphatic carbocycles. The normalized spacial score (nSPS) is 18.2. The van der Waals surface area contributed by atoms with Gasteiger partial charge in [0, 0.05) is 38.3 Å². The van der Waals surface area contributed by atoms with Gasteiger partial charge in [-0.15, -0.1) is 0 Å². The van der Waals surface area contributed by atoms with Crippen LogP contribution in [-0.2, 0) is 19.2 Å². The first kappa shape index (κ1) is 34.6. The molecule has 2 saturated heterocycles. The number of nitrogens with one attached hydrogen (secondary N) is 2. The third kappa shape index (κ3) is 9.32. The van der Waals surface area contributed by atoms with Gasteiger partial charge < -0.3 is 10.2 Å². The van der Waals surface area contributed by atoms with E-state index in [9.17, 15) is 28.0 Å². The lowest BCUT2D eigenvalue weighted by Crippen LogP contribution is -2.51. The fourth-order valence-corrected chi connectivity index (χ4v) is 4.01. The topological polar surface area (TPSA) is 98.8 Å². The molecule has 40 heavy (non-hydrogen) atoms. The summed E-state index contributed by atoms with van der Waals surface area (Å²) in [7, 11) is 3.24. The van der Waals surface area contributed by atoms with Crippen LogP contribution in [0.1, 0.15) is 50.7 Å². The summed E-state index contributed by atoms with van der Waals surface area (Å²) in [6.07, 6.45) is 3.28. The molecule has 0 spiro atoms. The highest BCUT2D eigenvalue weighted by Crippen LogP contribution is 2.22. The van der Waals surface area contributed by atoms with E-state index in [2.05, 4.69) is 23.3 Å². The van der Waals surface area contributed by atoms with E-state index in [-0.39, 0.29) is 41.3 Å². The van der Waals surface area contributed by atoms with Crippen molar-refractivity contribution in [3.05, 3.63) is 59.2 Å². The molecule has 0 radical (unpaired) electrons.